The maximum Gasteiger partial charge on any atom is 0.251 e. The molecule has 1 heterocycles. The molecule has 1 fully saturated rings. The van der Waals surface area contributed by atoms with Gasteiger partial charge in [-0.3, -0.25) is 4.79 Å². The number of aryl methyl sites for hydroxylation is 1. The molecule has 0 spiro atoms. The Balaban J connectivity index is 1.56. The van der Waals surface area contributed by atoms with Crippen molar-refractivity contribution in [2.45, 2.75) is 32.3 Å². The van der Waals surface area contributed by atoms with E-state index in [2.05, 4.69) is 5.32 Å². The second kappa shape index (κ2) is 8.02. The van der Waals surface area contributed by atoms with Gasteiger partial charge in [0, 0.05) is 25.3 Å². The first kappa shape index (κ1) is 15.0. The summed E-state index contributed by atoms with van der Waals surface area (Å²) in [5, 5.41) is 2.92. The van der Waals surface area contributed by atoms with E-state index < -0.39 is 0 Å². The van der Waals surface area contributed by atoms with Crippen LogP contribution in [0.4, 0.5) is 0 Å². The number of hydrogen-bond donors (Lipinski definition) is 1. The van der Waals surface area contributed by atoms with Gasteiger partial charge in [-0.05, 0) is 37.8 Å². The van der Waals surface area contributed by atoms with Crippen molar-refractivity contribution < 1.29 is 14.3 Å². The second-order valence-electron chi connectivity index (χ2n) is 5.13. The van der Waals surface area contributed by atoms with Crippen molar-refractivity contribution >= 4 is 5.91 Å². The number of nitrogens with one attached hydrogen (secondary N) is 1. The molecule has 4 nitrogen and oxygen atoms in total. The lowest BCUT2D eigenvalue weighted by molar-refractivity contribution is 0.0166. The van der Waals surface area contributed by atoms with Gasteiger partial charge in [-0.25, -0.2) is 0 Å². The standard InChI is InChI=1S/C16H23NO3/c1-13-6-2-3-8-15(13)16(18)17-9-5-10-19-12-14-7-4-11-20-14/h2-3,6,8,14H,4-5,7,9-12H2,1H3,(H,17,18). The van der Waals surface area contributed by atoms with Gasteiger partial charge in [0.1, 0.15) is 0 Å². The van der Waals surface area contributed by atoms with Crippen molar-refractivity contribution in [1.29, 1.82) is 0 Å². The minimum atomic E-state index is -0.0118. The number of hydrogen-bond acceptors (Lipinski definition) is 3. The van der Waals surface area contributed by atoms with E-state index in [4.69, 9.17) is 9.47 Å². The topological polar surface area (TPSA) is 47.6 Å². The van der Waals surface area contributed by atoms with Crippen LogP contribution in [-0.4, -0.2) is 38.4 Å². The van der Waals surface area contributed by atoms with E-state index in [0.29, 0.717) is 19.8 Å². The van der Waals surface area contributed by atoms with Crippen molar-refractivity contribution in [3.63, 3.8) is 0 Å². The van der Waals surface area contributed by atoms with Gasteiger partial charge in [-0.15, -0.1) is 0 Å². The molecule has 1 unspecified atom stereocenters. The summed E-state index contributed by atoms with van der Waals surface area (Å²) >= 11 is 0. The highest BCUT2D eigenvalue weighted by Crippen LogP contribution is 2.11. The molecule has 1 aliphatic rings. The number of benzene rings is 1. The predicted octanol–water partition coefficient (Wildman–Crippen LogP) is 2.31. The lowest BCUT2D eigenvalue weighted by Crippen LogP contribution is -2.26. The zero-order valence-electron chi connectivity index (χ0n) is 12.1. The fourth-order valence-electron chi connectivity index (χ4n) is 2.29. The summed E-state index contributed by atoms with van der Waals surface area (Å²) in [5.74, 6) is -0.0118. The number of rotatable bonds is 7. The Kier molecular flexibility index (Phi) is 6.02. The largest absolute Gasteiger partial charge is 0.379 e. The van der Waals surface area contributed by atoms with Crippen molar-refractivity contribution in [3.05, 3.63) is 35.4 Å². The first-order valence-corrected chi connectivity index (χ1v) is 7.30. The van der Waals surface area contributed by atoms with E-state index in [9.17, 15) is 4.79 Å². The quantitative estimate of drug-likeness (QED) is 0.778. The molecular formula is C16H23NO3. The summed E-state index contributed by atoms with van der Waals surface area (Å²) in [6.07, 6.45) is 3.34. The number of carbonyl (C=O) groups excluding carboxylic acids is 1. The van der Waals surface area contributed by atoms with E-state index in [1.54, 1.807) is 0 Å². The van der Waals surface area contributed by atoms with E-state index in [-0.39, 0.29) is 12.0 Å². The summed E-state index contributed by atoms with van der Waals surface area (Å²) in [4.78, 5) is 11.9. The van der Waals surface area contributed by atoms with Gasteiger partial charge >= 0.3 is 0 Å². The minimum absolute atomic E-state index is 0.0118. The molecule has 0 aliphatic carbocycles. The minimum Gasteiger partial charge on any atom is -0.379 e. The molecule has 0 radical (unpaired) electrons. The predicted molar refractivity (Wildman–Crippen MR) is 77.9 cm³/mol. The molecule has 20 heavy (non-hydrogen) atoms. The highest BCUT2D eigenvalue weighted by molar-refractivity contribution is 5.95. The van der Waals surface area contributed by atoms with Gasteiger partial charge in [-0.2, -0.15) is 0 Å². The van der Waals surface area contributed by atoms with Crippen LogP contribution in [0.25, 0.3) is 0 Å². The van der Waals surface area contributed by atoms with Crippen LogP contribution in [0.2, 0.25) is 0 Å². The lowest BCUT2D eigenvalue weighted by atomic mass is 10.1. The molecule has 1 amide bonds. The van der Waals surface area contributed by atoms with Crippen molar-refractivity contribution in [2.24, 2.45) is 0 Å². The van der Waals surface area contributed by atoms with Gasteiger partial charge in [0.15, 0.2) is 0 Å². The van der Waals surface area contributed by atoms with Crippen LogP contribution in [0, 0.1) is 6.92 Å². The fraction of sp³-hybridized carbons (Fsp3) is 0.562. The Hall–Kier alpha value is -1.39. The molecule has 1 saturated heterocycles. The first-order chi connectivity index (χ1) is 9.77. The molecule has 1 atom stereocenters. The third kappa shape index (κ3) is 4.62. The molecule has 0 aromatic heterocycles. The van der Waals surface area contributed by atoms with Gasteiger partial charge in [-0.1, -0.05) is 18.2 Å². The Bertz CT molecular complexity index is 427. The van der Waals surface area contributed by atoms with E-state index in [1.807, 2.05) is 31.2 Å². The molecule has 0 saturated carbocycles. The molecule has 1 aromatic rings. The Morgan fingerprint density at radius 3 is 3.05 bits per heavy atom. The summed E-state index contributed by atoms with van der Waals surface area (Å²) in [6.45, 7) is 4.78. The maximum absolute atomic E-state index is 11.9. The third-order valence-corrected chi connectivity index (χ3v) is 3.47. The normalized spacial score (nSPS) is 18.1. The van der Waals surface area contributed by atoms with Gasteiger partial charge in [0.05, 0.1) is 12.7 Å². The Labute approximate surface area is 120 Å². The van der Waals surface area contributed by atoms with Gasteiger partial charge in [0.2, 0.25) is 0 Å². The number of amides is 1. The van der Waals surface area contributed by atoms with Crippen LogP contribution in [0.5, 0.6) is 0 Å². The van der Waals surface area contributed by atoms with Crippen LogP contribution < -0.4 is 5.32 Å². The Morgan fingerprint density at radius 1 is 1.45 bits per heavy atom. The van der Waals surface area contributed by atoms with Crippen LogP contribution >= 0.6 is 0 Å². The average Bonchev–Trinajstić information content (AvgIpc) is 2.96. The monoisotopic (exact) mass is 277 g/mol. The first-order valence-electron chi connectivity index (χ1n) is 7.30. The van der Waals surface area contributed by atoms with E-state index >= 15 is 0 Å². The van der Waals surface area contributed by atoms with E-state index in [1.165, 1.54) is 0 Å². The Morgan fingerprint density at radius 2 is 2.30 bits per heavy atom. The summed E-state index contributed by atoms with van der Waals surface area (Å²) in [5.41, 5.74) is 1.74. The molecular weight excluding hydrogens is 254 g/mol. The highest BCUT2D eigenvalue weighted by Gasteiger charge is 2.15. The SMILES string of the molecule is Cc1ccccc1C(=O)NCCCOCC1CCCO1. The molecule has 2 rings (SSSR count). The molecule has 4 heteroatoms. The average molecular weight is 277 g/mol. The molecule has 0 bridgehead atoms. The number of carbonyl (C=O) groups is 1. The summed E-state index contributed by atoms with van der Waals surface area (Å²) < 4.78 is 11.0. The second-order valence-corrected chi connectivity index (χ2v) is 5.13. The smallest absolute Gasteiger partial charge is 0.251 e. The third-order valence-electron chi connectivity index (χ3n) is 3.47. The zero-order valence-corrected chi connectivity index (χ0v) is 12.1. The highest BCUT2D eigenvalue weighted by atomic mass is 16.5. The van der Waals surface area contributed by atoms with Crippen LogP contribution in [0.3, 0.4) is 0 Å². The molecule has 1 aromatic carbocycles. The van der Waals surface area contributed by atoms with Gasteiger partial charge < -0.3 is 14.8 Å². The van der Waals surface area contributed by atoms with Crippen molar-refractivity contribution in [2.75, 3.05) is 26.4 Å². The van der Waals surface area contributed by atoms with E-state index in [0.717, 1.165) is 37.0 Å². The van der Waals surface area contributed by atoms with Gasteiger partial charge in [0.25, 0.3) is 5.91 Å². The van der Waals surface area contributed by atoms with Crippen LogP contribution in [0.1, 0.15) is 35.2 Å². The summed E-state index contributed by atoms with van der Waals surface area (Å²) in [7, 11) is 0. The molecule has 1 aliphatic heterocycles. The summed E-state index contributed by atoms with van der Waals surface area (Å²) in [6, 6.07) is 7.61. The zero-order chi connectivity index (χ0) is 14.2. The van der Waals surface area contributed by atoms with Crippen molar-refractivity contribution in [1.82, 2.24) is 5.32 Å². The number of ether oxygens (including phenoxy) is 2. The maximum atomic E-state index is 11.9. The van der Waals surface area contributed by atoms with Crippen LogP contribution in [-0.2, 0) is 9.47 Å². The van der Waals surface area contributed by atoms with Crippen LogP contribution in [0.15, 0.2) is 24.3 Å². The van der Waals surface area contributed by atoms with Crippen molar-refractivity contribution in [3.8, 4) is 0 Å². The fourth-order valence-corrected chi connectivity index (χ4v) is 2.29. The lowest BCUT2D eigenvalue weighted by Gasteiger charge is -2.10. The molecule has 110 valence electrons. The molecule has 1 N–H and O–H groups in total.